The van der Waals surface area contributed by atoms with Gasteiger partial charge in [0.05, 0.1) is 25.1 Å². The minimum atomic E-state index is -3.47. The van der Waals surface area contributed by atoms with Crippen molar-refractivity contribution in [2.75, 3.05) is 36.9 Å². The number of amides is 1. The molecule has 0 saturated carbocycles. The number of rotatable bonds is 12. The summed E-state index contributed by atoms with van der Waals surface area (Å²) in [5, 5.41) is 5.06. The average molecular weight is 471 g/mol. The lowest BCUT2D eigenvalue weighted by Gasteiger charge is -2.22. The SMILES string of the molecule is CCOc1ccc(N(CCCC(=O)NCCOc2ccc3ccccc3c2)S(C)(=O)=O)cc1. The van der Waals surface area contributed by atoms with E-state index < -0.39 is 10.0 Å². The van der Waals surface area contributed by atoms with Gasteiger partial charge in [-0.15, -0.1) is 0 Å². The van der Waals surface area contributed by atoms with Crippen molar-refractivity contribution in [1.82, 2.24) is 5.32 Å². The molecule has 3 rings (SSSR count). The molecule has 1 amide bonds. The molecule has 0 fully saturated rings. The van der Waals surface area contributed by atoms with Gasteiger partial charge in [-0.2, -0.15) is 0 Å². The first-order chi connectivity index (χ1) is 15.9. The Labute approximate surface area is 195 Å². The van der Waals surface area contributed by atoms with Gasteiger partial charge in [0.2, 0.25) is 15.9 Å². The van der Waals surface area contributed by atoms with E-state index in [-0.39, 0.29) is 18.9 Å². The number of carbonyl (C=O) groups is 1. The van der Waals surface area contributed by atoms with Crippen LogP contribution in [-0.4, -0.2) is 46.9 Å². The third kappa shape index (κ3) is 7.39. The first-order valence-corrected chi connectivity index (χ1v) is 12.8. The van der Waals surface area contributed by atoms with Gasteiger partial charge in [0.25, 0.3) is 0 Å². The summed E-state index contributed by atoms with van der Waals surface area (Å²) in [6.45, 7) is 3.37. The van der Waals surface area contributed by atoms with E-state index in [1.54, 1.807) is 24.3 Å². The van der Waals surface area contributed by atoms with Crippen molar-refractivity contribution in [3.05, 3.63) is 66.7 Å². The fraction of sp³-hybridized carbons (Fsp3) is 0.320. The summed E-state index contributed by atoms with van der Waals surface area (Å²) in [5.41, 5.74) is 0.546. The lowest BCUT2D eigenvalue weighted by atomic mass is 10.1. The van der Waals surface area contributed by atoms with Gasteiger partial charge in [0.15, 0.2) is 0 Å². The number of anilines is 1. The minimum Gasteiger partial charge on any atom is -0.494 e. The highest BCUT2D eigenvalue weighted by molar-refractivity contribution is 7.92. The van der Waals surface area contributed by atoms with Crippen LogP contribution in [0.25, 0.3) is 10.8 Å². The molecule has 0 aliphatic rings. The van der Waals surface area contributed by atoms with Gasteiger partial charge >= 0.3 is 0 Å². The van der Waals surface area contributed by atoms with Crippen molar-refractivity contribution >= 4 is 32.4 Å². The van der Waals surface area contributed by atoms with Crippen molar-refractivity contribution in [1.29, 1.82) is 0 Å². The molecule has 0 radical (unpaired) electrons. The highest BCUT2D eigenvalue weighted by Gasteiger charge is 2.17. The predicted molar refractivity (Wildman–Crippen MR) is 131 cm³/mol. The second-order valence-electron chi connectivity index (χ2n) is 7.57. The largest absolute Gasteiger partial charge is 0.494 e. The van der Waals surface area contributed by atoms with Crippen LogP contribution < -0.4 is 19.1 Å². The maximum absolute atomic E-state index is 12.2. The third-order valence-electron chi connectivity index (χ3n) is 5.01. The molecule has 0 atom stereocenters. The van der Waals surface area contributed by atoms with E-state index in [1.807, 2.05) is 49.4 Å². The summed E-state index contributed by atoms with van der Waals surface area (Å²) >= 11 is 0. The summed E-state index contributed by atoms with van der Waals surface area (Å²) in [6, 6.07) is 20.8. The van der Waals surface area contributed by atoms with Gasteiger partial charge in [-0.25, -0.2) is 8.42 Å². The van der Waals surface area contributed by atoms with E-state index in [0.29, 0.717) is 37.6 Å². The van der Waals surface area contributed by atoms with Crippen LogP contribution in [0.4, 0.5) is 5.69 Å². The number of sulfonamides is 1. The van der Waals surface area contributed by atoms with E-state index in [2.05, 4.69) is 5.32 Å². The number of nitrogens with one attached hydrogen (secondary N) is 1. The Kier molecular flexibility index (Phi) is 8.54. The quantitative estimate of drug-likeness (QED) is 0.405. The van der Waals surface area contributed by atoms with Crippen LogP contribution in [-0.2, 0) is 14.8 Å². The van der Waals surface area contributed by atoms with Crippen LogP contribution in [0.2, 0.25) is 0 Å². The van der Waals surface area contributed by atoms with Gasteiger partial charge < -0.3 is 14.8 Å². The van der Waals surface area contributed by atoms with Gasteiger partial charge in [-0.05, 0) is 60.5 Å². The zero-order valence-corrected chi connectivity index (χ0v) is 19.8. The topological polar surface area (TPSA) is 84.9 Å². The van der Waals surface area contributed by atoms with Crippen molar-refractivity contribution in [3.8, 4) is 11.5 Å². The Hall–Kier alpha value is -3.26. The summed E-state index contributed by atoms with van der Waals surface area (Å²) in [5.74, 6) is 1.29. The number of hydrogen-bond acceptors (Lipinski definition) is 5. The van der Waals surface area contributed by atoms with Gasteiger partial charge in [-0.3, -0.25) is 9.10 Å². The number of fused-ring (bicyclic) bond motifs is 1. The normalized spacial score (nSPS) is 11.2. The van der Waals surface area contributed by atoms with Crippen LogP contribution in [0.1, 0.15) is 19.8 Å². The molecule has 0 saturated heterocycles. The second kappa shape index (κ2) is 11.6. The number of benzene rings is 3. The zero-order valence-electron chi connectivity index (χ0n) is 19.0. The maximum Gasteiger partial charge on any atom is 0.232 e. The molecule has 33 heavy (non-hydrogen) atoms. The van der Waals surface area contributed by atoms with E-state index in [1.165, 1.54) is 4.31 Å². The molecule has 0 aromatic heterocycles. The Morgan fingerprint density at radius 3 is 2.33 bits per heavy atom. The Morgan fingerprint density at radius 1 is 0.939 bits per heavy atom. The molecule has 0 bridgehead atoms. The molecule has 0 heterocycles. The van der Waals surface area contributed by atoms with E-state index in [0.717, 1.165) is 22.8 Å². The Bertz CT molecular complexity index is 1160. The fourth-order valence-electron chi connectivity index (χ4n) is 3.45. The van der Waals surface area contributed by atoms with Crippen LogP contribution >= 0.6 is 0 Å². The summed E-state index contributed by atoms with van der Waals surface area (Å²) in [4.78, 5) is 12.2. The molecule has 3 aromatic carbocycles. The third-order valence-corrected chi connectivity index (χ3v) is 6.21. The lowest BCUT2D eigenvalue weighted by molar-refractivity contribution is -0.121. The first-order valence-electron chi connectivity index (χ1n) is 11.0. The smallest absolute Gasteiger partial charge is 0.232 e. The van der Waals surface area contributed by atoms with Crippen LogP contribution in [0, 0.1) is 0 Å². The standard InChI is InChI=1S/C25H30N2O5S/c1-3-31-23-14-11-22(12-15-23)27(33(2,29)30)17-6-9-25(28)26-16-18-32-24-13-10-20-7-4-5-8-21(20)19-24/h4-5,7-8,10-15,19H,3,6,9,16-18H2,1-2H3,(H,26,28). The molecule has 0 aliphatic carbocycles. The van der Waals surface area contributed by atoms with E-state index in [9.17, 15) is 13.2 Å². The van der Waals surface area contributed by atoms with Crippen molar-refractivity contribution in [2.24, 2.45) is 0 Å². The summed E-state index contributed by atoms with van der Waals surface area (Å²) < 4.78 is 36.9. The van der Waals surface area contributed by atoms with Gasteiger partial charge in [0.1, 0.15) is 18.1 Å². The van der Waals surface area contributed by atoms with E-state index >= 15 is 0 Å². The summed E-state index contributed by atoms with van der Waals surface area (Å²) in [7, 11) is -3.47. The molecular weight excluding hydrogens is 440 g/mol. The molecule has 0 unspecified atom stereocenters. The number of nitrogens with zero attached hydrogens (tertiary/aromatic N) is 1. The molecule has 176 valence electrons. The number of ether oxygens (including phenoxy) is 2. The molecular formula is C25H30N2O5S. The highest BCUT2D eigenvalue weighted by Crippen LogP contribution is 2.22. The number of carbonyl (C=O) groups excluding carboxylic acids is 1. The van der Waals surface area contributed by atoms with Crippen molar-refractivity contribution in [2.45, 2.75) is 19.8 Å². The van der Waals surface area contributed by atoms with Crippen LogP contribution in [0.5, 0.6) is 11.5 Å². The monoisotopic (exact) mass is 470 g/mol. The second-order valence-corrected chi connectivity index (χ2v) is 9.48. The minimum absolute atomic E-state index is 0.141. The molecule has 1 N–H and O–H groups in total. The molecule has 0 aliphatic heterocycles. The maximum atomic E-state index is 12.2. The van der Waals surface area contributed by atoms with Crippen LogP contribution in [0.15, 0.2) is 66.7 Å². The van der Waals surface area contributed by atoms with Crippen LogP contribution in [0.3, 0.4) is 0 Å². The molecule has 8 heteroatoms. The average Bonchev–Trinajstić information content (AvgIpc) is 2.79. The van der Waals surface area contributed by atoms with E-state index in [4.69, 9.17) is 9.47 Å². The van der Waals surface area contributed by atoms with Gasteiger partial charge in [0, 0.05) is 13.0 Å². The lowest BCUT2D eigenvalue weighted by Crippen LogP contribution is -2.32. The number of hydrogen-bond donors (Lipinski definition) is 1. The van der Waals surface area contributed by atoms with Crippen molar-refractivity contribution in [3.63, 3.8) is 0 Å². The van der Waals surface area contributed by atoms with Crippen molar-refractivity contribution < 1.29 is 22.7 Å². The molecule has 0 spiro atoms. The Balaban J connectivity index is 1.42. The molecule has 3 aromatic rings. The zero-order chi connectivity index (χ0) is 23.7. The molecule has 7 nitrogen and oxygen atoms in total. The predicted octanol–water partition coefficient (Wildman–Crippen LogP) is 3.98. The fourth-order valence-corrected chi connectivity index (χ4v) is 4.42. The summed E-state index contributed by atoms with van der Waals surface area (Å²) in [6.07, 6.45) is 1.78. The van der Waals surface area contributed by atoms with Gasteiger partial charge in [-0.1, -0.05) is 30.3 Å². The first kappa shape index (κ1) is 24.4. The Morgan fingerprint density at radius 2 is 1.64 bits per heavy atom. The highest BCUT2D eigenvalue weighted by atomic mass is 32.2.